The molecule has 0 spiro atoms. The van der Waals surface area contributed by atoms with Crippen LogP contribution in [0.5, 0.6) is 11.5 Å². The van der Waals surface area contributed by atoms with Crippen LogP contribution in [0.2, 0.25) is 0 Å². The number of nitrogens with zero attached hydrogens (tertiary/aromatic N) is 2. The molecular formula is C24H34N2O4. The number of ether oxygens (including phenoxy) is 2. The third kappa shape index (κ3) is 4.14. The Balaban J connectivity index is 1.64. The highest BCUT2D eigenvalue weighted by atomic mass is 16.5. The lowest BCUT2D eigenvalue weighted by Gasteiger charge is -2.31. The summed E-state index contributed by atoms with van der Waals surface area (Å²) in [5, 5.41) is 0. The highest BCUT2D eigenvalue weighted by molar-refractivity contribution is 5.84. The largest absolute Gasteiger partial charge is 0.497 e. The van der Waals surface area contributed by atoms with Crippen LogP contribution in [-0.2, 0) is 9.59 Å². The van der Waals surface area contributed by atoms with Crippen LogP contribution in [0, 0.1) is 11.8 Å². The highest BCUT2D eigenvalue weighted by Gasteiger charge is 2.44. The summed E-state index contributed by atoms with van der Waals surface area (Å²) in [7, 11) is 3.30. The van der Waals surface area contributed by atoms with Crippen LogP contribution in [0.1, 0.15) is 56.4 Å². The summed E-state index contributed by atoms with van der Waals surface area (Å²) in [5.41, 5.74) is 0.967. The number of carbonyl (C=O) groups is 2. The van der Waals surface area contributed by atoms with Crippen molar-refractivity contribution in [2.24, 2.45) is 11.8 Å². The van der Waals surface area contributed by atoms with Crippen LogP contribution >= 0.6 is 0 Å². The van der Waals surface area contributed by atoms with Gasteiger partial charge in [-0.25, -0.2) is 0 Å². The smallest absolute Gasteiger partial charge is 0.228 e. The van der Waals surface area contributed by atoms with Gasteiger partial charge in [-0.2, -0.15) is 0 Å². The van der Waals surface area contributed by atoms with Gasteiger partial charge in [-0.15, -0.1) is 0 Å². The van der Waals surface area contributed by atoms with Crippen LogP contribution in [0.15, 0.2) is 18.2 Å². The van der Waals surface area contributed by atoms with Crippen LogP contribution < -0.4 is 9.47 Å². The van der Waals surface area contributed by atoms with Gasteiger partial charge in [0.1, 0.15) is 11.5 Å². The average Bonchev–Trinajstić information content (AvgIpc) is 3.49. The average molecular weight is 415 g/mol. The Morgan fingerprint density at radius 2 is 1.60 bits per heavy atom. The molecule has 1 aromatic carbocycles. The molecule has 0 radical (unpaired) electrons. The molecule has 2 saturated heterocycles. The molecule has 0 N–H and O–H groups in total. The molecule has 2 atom stereocenters. The molecule has 1 saturated carbocycles. The number of hydrogen-bond donors (Lipinski definition) is 0. The monoisotopic (exact) mass is 414 g/mol. The van der Waals surface area contributed by atoms with Crippen molar-refractivity contribution in [1.82, 2.24) is 9.80 Å². The first-order chi connectivity index (χ1) is 14.6. The topological polar surface area (TPSA) is 59.1 Å². The molecule has 1 aromatic rings. The fourth-order valence-electron chi connectivity index (χ4n) is 5.46. The molecule has 2 aliphatic heterocycles. The molecule has 0 bridgehead atoms. The first-order valence-corrected chi connectivity index (χ1v) is 11.4. The third-order valence-electron chi connectivity index (χ3n) is 7.16. The SMILES string of the molecule is COc1ccc(OC)c([C@@H]2CN(C(=O)C3CCCC3)C[C@@H]2C(=O)N2CCCCC2)c1. The van der Waals surface area contributed by atoms with Gasteiger partial charge in [0, 0.05) is 43.6 Å². The second-order valence-electron chi connectivity index (χ2n) is 8.93. The molecule has 1 aliphatic carbocycles. The predicted octanol–water partition coefficient (Wildman–Crippen LogP) is 3.45. The maximum atomic E-state index is 13.5. The van der Waals surface area contributed by atoms with E-state index in [0.717, 1.165) is 68.7 Å². The molecule has 0 aromatic heterocycles. The summed E-state index contributed by atoms with van der Waals surface area (Å²) in [6, 6.07) is 5.75. The summed E-state index contributed by atoms with van der Waals surface area (Å²) in [4.78, 5) is 30.7. The highest BCUT2D eigenvalue weighted by Crippen LogP contribution is 2.41. The van der Waals surface area contributed by atoms with E-state index in [1.54, 1.807) is 14.2 Å². The summed E-state index contributed by atoms with van der Waals surface area (Å²) in [6.07, 6.45) is 7.54. The number of rotatable bonds is 5. The van der Waals surface area contributed by atoms with Crippen molar-refractivity contribution >= 4 is 11.8 Å². The van der Waals surface area contributed by atoms with E-state index in [9.17, 15) is 9.59 Å². The molecule has 6 nitrogen and oxygen atoms in total. The molecule has 0 unspecified atom stereocenters. The predicted molar refractivity (Wildman–Crippen MR) is 115 cm³/mol. The van der Waals surface area contributed by atoms with Gasteiger partial charge >= 0.3 is 0 Å². The van der Waals surface area contributed by atoms with E-state index in [1.165, 1.54) is 6.42 Å². The fourth-order valence-corrected chi connectivity index (χ4v) is 5.46. The summed E-state index contributed by atoms with van der Waals surface area (Å²) in [5.74, 6) is 1.74. The normalized spacial score (nSPS) is 24.9. The molecule has 6 heteroatoms. The molecule has 4 rings (SSSR count). The van der Waals surface area contributed by atoms with Gasteiger partial charge in [0.2, 0.25) is 11.8 Å². The number of methoxy groups -OCH3 is 2. The zero-order valence-electron chi connectivity index (χ0n) is 18.3. The Kier molecular flexibility index (Phi) is 6.49. The lowest BCUT2D eigenvalue weighted by Crippen LogP contribution is -2.42. The van der Waals surface area contributed by atoms with Gasteiger partial charge in [0.05, 0.1) is 20.1 Å². The van der Waals surface area contributed by atoms with Crippen molar-refractivity contribution in [1.29, 1.82) is 0 Å². The minimum absolute atomic E-state index is 0.0742. The van der Waals surface area contributed by atoms with E-state index < -0.39 is 0 Å². The second-order valence-corrected chi connectivity index (χ2v) is 8.93. The van der Waals surface area contributed by atoms with Crippen LogP contribution in [0.4, 0.5) is 0 Å². The quantitative estimate of drug-likeness (QED) is 0.741. The van der Waals surface area contributed by atoms with Crippen molar-refractivity contribution in [2.45, 2.75) is 50.9 Å². The first-order valence-electron chi connectivity index (χ1n) is 11.4. The molecule has 2 heterocycles. The summed E-state index contributed by atoms with van der Waals surface area (Å²) < 4.78 is 11.1. The van der Waals surface area contributed by atoms with E-state index in [1.807, 2.05) is 28.0 Å². The van der Waals surface area contributed by atoms with E-state index in [0.29, 0.717) is 13.1 Å². The number of carbonyl (C=O) groups excluding carboxylic acids is 2. The van der Waals surface area contributed by atoms with Gasteiger partial charge in [-0.05, 0) is 50.3 Å². The Labute approximate surface area is 179 Å². The Hall–Kier alpha value is -2.24. The molecular weight excluding hydrogens is 380 g/mol. The molecule has 2 amide bonds. The zero-order valence-corrected chi connectivity index (χ0v) is 18.3. The molecule has 164 valence electrons. The van der Waals surface area contributed by atoms with Gasteiger partial charge in [-0.1, -0.05) is 12.8 Å². The number of benzene rings is 1. The van der Waals surface area contributed by atoms with Crippen molar-refractivity contribution in [3.8, 4) is 11.5 Å². The molecule has 30 heavy (non-hydrogen) atoms. The maximum absolute atomic E-state index is 13.5. The van der Waals surface area contributed by atoms with Gasteiger partial charge < -0.3 is 19.3 Å². The van der Waals surface area contributed by atoms with Crippen LogP contribution in [0.25, 0.3) is 0 Å². The van der Waals surface area contributed by atoms with Crippen molar-refractivity contribution in [3.63, 3.8) is 0 Å². The van der Waals surface area contributed by atoms with Gasteiger partial charge in [-0.3, -0.25) is 9.59 Å². The maximum Gasteiger partial charge on any atom is 0.228 e. The van der Waals surface area contributed by atoms with E-state index in [-0.39, 0.29) is 29.6 Å². The van der Waals surface area contributed by atoms with Gasteiger partial charge in [0.15, 0.2) is 0 Å². The number of piperidine rings is 1. The van der Waals surface area contributed by atoms with Crippen molar-refractivity contribution < 1.29 is 19.1 Å². The first kappa shape index (κ1) is 21.0. The molecule has 3 fully saturated rings. The van der Waals surface area contributed by atoms with E-state index in [2.05, 4.69) is 0 Å². The minimum Gasteiger partial charge on any atom is -0.497 e. The van der Waals surface area contributed by atoms with Crippen molar-refractivity contribution in [3.05, 3.63) is 23.8 Å². The fraction of sp³-hybridized carbons (Fsp3) is 0.667. The lowest BCUT2D eigenvalue weighted by atomic mass is 9.86. The van der Waals surface area contributed by atoms with Gasteiger partial charge in [0.25, 0.3) is 0 Å². The Morgan fingerprint density at radius 1 is 0.867 bits per heavy atom. The number of likely N-dealkylation sites (tertiary alicyclic amines) is 2. The minimum atomic E-state index is -0.227. The lowest BCUT2D eigenvalue weighted by molar-refractivity contribution is -0.137. The summed E-state index contributed by atoms with van der Waals surface area (Å²) in [6.45, 7) is 2.74. The van der Waals surface area contributed by atoms with Crippen molar-refractivity contribution in [2.75, 3.05) is 40.4 Å². The third-order valence-corrected chi connectivity index (χ3v) is 7.16. The van der Waals surface area contributed by atoms with E-state index >= 15 is 0 Å². The van der Waals surface area contributed by atoms with Crippen LogP contribution in [-0.4, -0.2) is 62.0 Å². The Bertz CT molecular complexity index is 768. The number of hydrogen-bond acceptors (Lipinski definition) is 4. The second kappa shape index (κ2) is 9.27. The zero-order chi connectivity index (χ0) is 21.1. The van der Waals surface area contributed by atoms with E-state index in [4.69, 9.17) is 9.47 Å². The molecule has 3 aliphatic rings. The summed E-state index contributed by atoms with van der Waals surface area (Å²) >= 11 is 0. The number of amides is 2. The standard InChI is InChI=1S/C24H34N2O4/c1-29-18-10-11-22(30-2)19(14-18)20-15-26(23(27)17-8-4-5-9-17)16-21(20)24(28)25-12-6-3-7-13-25/h10-11,14,17,20-21H,3-9,12-13,15-16H2,1-2H3/t20-,21-/m0/s1. The van der Waals surface area contributed by atoms with Crippen LogP contribution in [0.3, 0.4) is 0 Å². The Morgan fingerprint density at radius 3 is 2.27 bits per heavy atom.